The fourth-order valence-corrected chi connectivity index (χ4v) is 3.85. The lowest BCUT2D eigenvalue weighted by Crippen LogP contribution is -2.14. The molecule has 0 N–H and O–H groups in total. The summed E-state index contributed by atoms with van der Waals surface area (Å²) in [6.45, 7) is 0. The molecule has 4 nitrogen and oxygen atoms in total. The van der Waals surface area contributed by atoms with Gasteiger partial charge in [-0.05, 0) is 11.8 Å². The quantitative estimate of drug-likeness (QED) is 0.591. The van der Waals surface area contributed by atoms with Crippen LogP contribution in [0.15, 0.2) is 40.5 Å². The zero-order valence-electron chi connectivity index (χ0n) is 9.62. The molecule has 0 amide bonds. The normalized spacial score (nSPS) is 15.8. The minimum atomic E-state index is -3.31. The maximum absolute atomic E-state index is 12.1. The summed E-state index contributed by atoms with van der Waals surface area (Å²) < 4.78 is 24.3. The van der Waals surface area contributed by atoms with E-state index in [9.17, 15) is 8.42 Å². The zero-order valence-corrected chi connectivity index (χ0v) is 11.3. The van der Waals surface area contributed by atoms with E-state index in [-0.39, 0.29) is 10.6 Å². The first-order chi connectivity index (χ1) is 8.62. The first-order valence-electron chi connectivity index (χ1n) is 5.34. The van der Waals surface area contributed by atoms with Crippen molar-refractivity contribution in [1.82, 2.24) is 9.97 Å². The highest BCUT2D eigenvalue weighted by Crippen LogP contribution is 2.36. The van der Waals surface area contributed by atoms with Gasteiger partial charge < -0.3 is 0 Å². The molecule has 18 heavy (non-hydrogen) atoms. The van der Waals surface area contributed by atoms with E-state index in [2.05, 4.69) is 9.97 Å². The molecule has 1 aromatic carbocycles. The number of thioether (sulfide) groups is 1. The van der Waals surface area contributed by atoms with E-state index in [0.29, 0.717) is 10.9 Å². The molecule has 0 spiro atoms. The van der Waals surface area contributed by atoms with Crippen LogP contribution in [0.25, 0.3) is 11.3 Å². The summed E-state index contributed by atoms with van der Waals surface area (Å²) in [7, 11) is -3.31. The van der Waals surface area contributed by atoms with Gasteiger partial charge in [-0.25, -0.2) is 18.4 Å². The molecule has 3 rings (SSSR count). The van der Waals surface area contributed by atoms with E-state index >= 15 is 0 Å². The number of fused-ring (bicyclic) bond motifs is 3. The molecule has 0 bridgehead atoms. The maximum atomic E-state index is 12.1. The van der Waals surface area contributed by atoms with Gasteiger partial charge in [-0.15, -0.1) is 0 Å². The summed E-state index contributed by atoms with van der Waals surface area (Å²) in [6, 6.07) is 7.47. The Morgan fingerprint density at radius 1 is 1.28 bits per heavy atom. The van der Waals surface area contributed by atoms with E-state index in [4.69, 9.17) is 0 Å². The van der Waals surface area contributed by atoms with Gasteiger partial charge in [0.25, 0.3) is 0 Å². The van der Waals surface area contributed by atoms with Gasteiger partial charge in [-0.3, -0.25) is 0 Å². The predicted molar refractivity (Wildman–Crippen MR) is 70.1 cm³/mol. The SMILES string of the molecule is CSc1ncc2c(n1)-c1ccccc1CS2(=O)=O. The van der Waals surface area contributed by atoms with Crippen LogP contribution in [0.2, 0.25) is 0 Å². The van der Waals surface area contributed by atoms with Crippen LogP contribution in [0.1, 0.15) is 5.56 Å². The fourth-order valence-electron chi connectivity index (χ4n) is 2.03. The third kappa shape index (κ3) is 1.72. The fraction of sp³-hybridized carbons (Fsp3) is 0.167. The molecule has 0 saturated carbocycles. The van der Waals surface area contributed by atoms with Crippen molar-refractivity contribution < 1.29 is 8.42 Å². The number of aromatic nitrogens is 2. The van der Waals surface area contributed by atoms with Crippen molar-refractivity contribution in [3.05, 3.63) is 36.0 Å². The Balaban J connectivity index is 2.36. The second-order valence-electron chi connectivity index (χ2n) is 3.99. The highest BCUT2D eigenvalue weighted by molar-refractivity contribution is 7.98. The van der Waals surface area contributed by atoms with Crippen molar-refractivity contribution in [3.8, 4) is 11.3 Å². The van der Waals surface area contributed by atoms with Gasteiger partial charge in [0.05, 0.1) is 17.6 Å². The van der Waals surface area contributed by atoms with Crippen molar-refractivity contribution in [3.63, 3.8) is 0 Å². The van der Waals surface area contributed by atoms with Crippen LogP contribution in [0.4, 0.5) is 0 Å². The summed E-state index contributed by atoms with van der Waals surface area (Å²) in [5.74, 6) is 0.0259. The Kier molecular flexibility index (Phi) is 2.64. The third-order valence-electron chi connectivity index (χ3n) is 2.87. The average Bonchev–Trinajstić information content (AvgIpc) is 2.37. The van der Waals surface area contributed by atoms with Gasteiger partial charge in [-0.2, -0.15) is 0 Å². The lowest BCUT2D eigenvalue weighted by Gasteiger charge is -2.18. The topological polar surface area (TPSA) is 59.9 Å². The summed E-state index contributed by atoms with van der Waals surface area (Å²) in [6.07, 6.45) is 3.28. The summed E-state index contributed by atoms with van der Waals surface area (Å²) in [4.78, 5) is 8.63. The third-order valence-corrected chi connectivity index (χ3v) is 5.09. The van der Waals surface area contributed by atoms with Crippen LogP contribution < -0.4 is 0 Å². The summed E-state index contributed by atoms with van der Waals surface area (Å²) >= 11 is 1.40. The van der Waals surface area contributed by atoms with Crippen molar-refractivity contribution >= 4 is 21.6 Å². The van der Waals surface area contributed by atoms with Crippen LogP contribution in [-0.4, -0.2) is 24.6 Å². The molecule has 2 aromatic rings. The Morgan fingerprint density at radius 2 is 2.06 bits per heavy atom. The van der Waals surface area contributed by atoms with Gasteiger partial charge in [0.15, 0.2) is 15.0 Å². The van der Waals surface area contributed by atoms with Gasteiger partial charge in [0.2, 0.25) is 0 Å². The average molecular weight is 278 g/mol. The molecule has 1 aromatic heterocycles. The molecule has 0 saturated heterocycles. The van der Waals surface area contributed by atoms with Crippen molar-refractivity contribution in [1.29, 1.82) is 0 Å². The minimum Gasteiger partial charge on any atom is -0.230 e. The number of rotatable bonds is 1. The molecule has 0 aliphatic carbocycles. The molecule has 6 heteroatoms. The standard InChI is InChI=1S/C12H10N2O2S2/c1-17-12-13-6-10-11(14-12)9-5-3-2-4-8(9)7-18(10,15)16/h2-6H,7H2,1H3. The molecule has 2 heterocycles. The van der Waals surface area contributed by atoms with Gasteiger partial charge in [-0.1, -0.05) is 36.0 Å². The monoisotopic (exact) mass is 278 g/mol. The Bertz CT molecular complexity index is 727. The molecule has 92 valence electrons. The van der Waals surface area contributed by atoms with Crippen LogP contribution in [-0.2, 0) is 15.6 Å². The Hall–Kier alpha value is -1.40. The zero-order chi connectivity index (χ0) is 12.8. The molecule has 0 radical (unpaired) electrons. The molecular formula is C12H10N2O2S2. The van der Waals surface area contributed by atoms with Gasteiger partial charge in [0.1, 0.15) is 4.90 Å². The van der Waals surface area contributed by atoms with Crippen LogP contribution in [0.5, 0.6) is 0 Å². The first-order valence-corrected chi connectivity index (χ1v) is 8.21. The van der Waals surface area contributed by atoms with E-state index in [1.165, 1.54) is 18.0 Å². The largest absolute Gasteiger partial charge is 0.230 e. The van der Waals surface area contributed by atoms with E-state index in [0.717, 1.165) is 11.1 Å². The molecular weight excluding hydrogens is 268 g/mol. The van der Waals surface area contributed by atoms with Crippen LogP contribution in [0.3, 0.4) is 0 Å². The lowest BCUT2D eigenvalue weighted by atomic mass is 10.1. The van der Waals surface area contributed by atoms with Crippen molar-refractivity contribution in [2.75, 3.05) is 6.26 Å². The summed E-state index contributed by atoms with van der Waals surface area (Å²) in [5, 5.41) is 0.584. The summed E-state index contributed by atoms with van der Waals surface area (Å²) in [5.41, 5.74) is 2.21. The van der Waals surface area contributed by atoms with Crippen molar-refractivity contribution in [2.24, 2.45) is 0 Å². The number of hydrogen-bond donors (Lipinski definition) is 0. The molecule has 0 fully saturated rings. The Labute approximate surface area is 109 Å². The van der Waals surface area contributed by atoms with E-state index in [1.807, 2.05) is 30.5 Å². The predicted octanol–water partition coefficient (Wildman–Crippen LogP) is 2.15. The highest BCUT2D eigenvalue weighted by atomic mass is 32.2. The Morgan fingerprint density at radius 3 is 2.83 bits per heavy atom. The van der Waals surface area contributed by atoms with Crippen molar-refractivity contribution in [2.45, 2.75) is 15.8 Å². The molecule has 0 unspecified atom stereocenters. The molecule has 1 aliphatic rings. The number of sulfone groups is 1. The van der Waals surface area contributed by atoms with Crippen LogP contribution in [0, 0.1) is 0 Å². The molecule has 0 atom stereocenters. The lowest BCUT2D eigenvalue weighted by molar-refractivity contribution is 0.593. The van der Waals surface area contributed by atoms with E-state index in [1.54, 1.807) is 0 Å². The second-order valence-corrected chi connectivity index (χ2v) is 6.72. The van der Waals surface area contributed by atoms with Gasteiger partial charge in [0, 0.05) is 5.56 Å². The molecule has 1 aliphatic heterocycles. The smallest absolute Gasteiger partial charge is 0.187 e. The van der Waals surface area contributed by atoms with Crippen LogP contribution >= 0.6 is 11.8 Å². The number of nitrogens with zero attached hydrogens (tertiary/aromatic N) is 2. The number of benzene rings is 1. The second kappa shape index (κ2) is 4.07. The van der Waals surface area contributed by atoms with E-state index < -0.39 is 9.84 Å². The minimum absolute atomic E-state index is 0.0259. The highest BCUT2D eigenvalue weighted by Gasteiger charge is 2.29. The maximum Gasteiger partial charge on any atom is 0.187 e. The number of hydrogen-bond acceptors (Lipinski definition) is 5. The van der Waals surface area contributed by atoms with Gasteiger partial charge >= 0.3 is 0 Å². The first kappa shape index (κ1) is 11.7.